The van der Waals surface area contributed by atoms with Gasteiger partial charge < -0.3 is 15.2 Å². The normalized spacial score (nSPS) is 10.2. The number of hydrogen-bond donors (Lipinski definition) is 2. The summed E-state index contributed by atoms with van der Waals surface area (Å²) in [7, 11) is 1.60. The summed E-state index contributed by atoms with van der Waals surface area (Å²) in [4.78, 5) is 14.7. The van der Waals surface area contributed by atoms with Crippen LogP contribution in [0.1, 0.15) is 15.5 Å². The number of carboxylic acids is 1. The van der Waals surface area contributed by atoms with E-state index in [0.717, 1.165) is 27.2 Å². The number of rotatable bonds is 5. The van der Waals surface area contributed by atoms with Gasteiger partial charge in [0.2, 0.25) is 5.01 Å². The number of halogens is 1. The molecule has 7 heteroatoms. The van der Waals surface area contributed by atoms with Crippen molar-refractivity contribution in [3.8, 4) is 5.75 Å². The van der Waals surface area contributed by atoms with Crippen molar-refractivity contribution in [3.05, 3.63) is 38.8 Å². The average Bonchev–Trinajstić information content (AvgIpc) is 2.84. The highest BCUT2D eigenvalue weighted by Crippen LogP contribution is 2.25. The molecule has 2 rings (SSSR count). The first-order valence-corrected chi connectivity index (χ1v) is 7.02. The van der Waals surface area contributed by atoms with Crippen LogP contribution in [0.3, 0.4) is 0 Å². The maximum absolute atomic E-state index is 10.7. The van der Waals surface area contributed by atoms with Gasteiger partial charge in [0.1, 0.15) is 5.75 Å². The van der Waals surface area contributed by atoms with Crippen molar-refractivity contribution in [2.45, 2.75) is 6.54 Å². The van der Waals surface area contributed by atoms with E-state index in [1.165, 1.54) is 0 Å². The Labute approximate surface area is 122 Å². The predicted octanol–water partition coefficient (Wildman–Crippen LogP) is 3.22. The molecule has 0 saturated heterocycles. The summed E-state index contributed by atoms with van der Waals surface area (Å²) in [6.45, 7) is 0.462. The number of carboxylic acid groups (broad SMARTS) is 1. The van der Waals surface area contributed by atoms with Crippen LogP contribution in [0.15, 0.2) is 28.1 Å². The number of aromatic carboxylic acids is 1. The van der Waals surface area contributed by atoms with Gasteiger partial charge in [0.05, 0.1) is 19.3 Å². The summed E-state index contributed by atoms with van der Waals surface area (Å²) in [6.07, 6.45) is 0. The van der Waals surface area contributed by atoms with E-state index in [4.69, 9.17) is 9.84 Å². The molecule has 0 fully saturated rings. The molecule has 0 aliphatic rings. The van der Waals surface area contributed by atoms with Crippen molar-refractivity contribution >= 4 is 38.9 Å². The average molecular weight is 343 g/mol. The second-order valence-corrected chi connectivity index (χ2v) is 5.46. The summed E-state index contributed by atoms with van der Waals surface area (Å²) < 4.78 is 6.06. The van der Waals surface area contributed by atoms with E-state index in [-0.39, 0.29) is 5.01 Å². The number of ether oxygens (including phenoxy) is 1. The maximum Gasteiger partial charge on any atom is 0.365 e. The van der Waals surface area contributed by atoms with Gasteiger partial charge in [-0.3, -0.25) is 0 Å². The molecule has 1 heterocycles. The Morgan fingerprint density at radius 1 is 1.53 bits per heavy atom. The zero-order chi connectivity index (χ0) is 13.8. The smallest absolute Gasteiger partial charge is 0.365 e. The highest BCUT2D eigenvalue weighted by molar-refractivity contribution is 9.10. The van der Waals surface area contributed by atoms with Crippen molar-refractivity contribution in [1.82, 2.24) is 4.98 Å². The van der Waals surface area contributed by atoms with Gasteiger partial charge in [-0.15, -0.1) is 11.3 Å². The van der Waals surface area contributed by atoms with Crippen LogP contribution >= 0.6 is 27.3 Å². The SMILES string of the molecule is COc1cc(Br)cc(NCc2csc(C(=O)O)n2)c1. The second kappa shape index (κ2) is 6.03. The molecule has 0 atom stereocenters. The molecule has 19 heavy (non-hydrogen) atoms. The molecule has 100 valence electrons. The summed E-state index contributed by atoms with van der Waals surface area (Å²) in [5.41, 5.74) is 1.57. The van der Waals surface area contributed by atoms with Crippen molar-refractivity contribution in [3.63, 3.8) is 0 Å². The van der Waals surface area contributed by atoms with Crippen LogP contribution < -0.4 is 10.1 Å². The van der Waals surface area contributed by atoms with Crippen LogP contribution in [0.5, 0.6) is 5.75 Å². The van der Waals surface area contributed by atoms with Gasteiger partial charge in [0, 0.05) is 21.6 Å². The van der Waals surface area contributed by atoms with E-state index >= 15 is 0 Å². The minimum atomic E-state index is -1.000. The molecule has 5 nitrogen and oxygen atoms in total. The second-order valence-electron chi connectivity index (χ2n) is 3.68. The van der Waals surface area contributed by atoms with Gasteiger partial charge in [-0.1, -0.05) is 15.9 Å². The molecule has 0 saturated carbocycles. The molecule has 0 aliphatic heterocycles. The number of thiazole rings is 1. The third kappa shape index (κ3) is 3.68. The van der Waals surface area contributed by atoms with E-state index in [1.807, 2.05) is 18.2 Å². The quantitative estimate of drug-likeness (QED) is 0.872. The number of nitrogens with zero attached hydrogens (tertiary/aromatic N) is 1. The zero-order valence-electron chi connectivity index (χ0n) is 10.0. The molecule has 0 amide bonds. The first kappa shape index (κ1) is 13.8. The van der Waals surface area contributed by atoms with E-state index in [2.05, 4.69) is 26.2 Å². The Hall–Kier alpha value is -1.60. The zero-order valence-corrected chi connectivity index (χ0v) is 12.4. The third-order valence-corrected chi connectivity index (χ3v) is 3.65. The minimum absolute atomic E-state index is 0.101. The number of aromatic nitrogens is 1. The molecular formula is C12H11BrN2O3S. The molecule has 2 N–H and O–H groups in total. The lowest BCUT2D eigenvalue weighted by Crippen LogP contribution is -2.01. The van der Waals surface area contributed by atoms with Gasteiger partial charge in [-0.05, 0) is 12.1 Å². The fraction of sp³-hybridized carbons (Fsp3) is 0.167. The fourth-order valence-electron chi connectivity index (χ4n) is 1.46. The first-order valence-electron chi connectivity index (χ1n) is 5.34. The van der Waals surface area contributed by atoms with Crippen LogP contribution in [0.4, 0.5) is 5.69 Å². The topological polar surface area (TPSA) is 71.5 Å². The molecule has 2 aromatic rings. The lowest BCUT2D eigenvalue weighted by Gasteiger charge is -2.07. The lowest BCUT2D eigenvalue weighted by molar-refractivity contribution is 0.0696. The van der Waals surface area contributed by atoms with E-state index in [1.54, 1.807) is 12.5 Å². The van der Waals surface area contributed by atoms with Crippen LogP contribution in [0, 0.1) is 0 Å². The van der Waals surface area contributed by atoms with Crippen molar-refractivity contribution in [2.24, 2.45) is 0 Å². The minimum Gasteiger partial charge on any atom is -0.497 e. The molecule has 0 aliphatic carbocycles. The van der Waals surface area contributed by atoms with Gasteiger partial charge in [-0.2, -0.15) is 0 Å². The predicted molar refractivity (Wildman–Crippen MR) is 77.1 cm³/mol. The Kier molecular flexibility index (Phi) is 4.39. The Morgan fingerprint density at radius 2 is 2.32 bits per heavy atom. The molecule has 1 aromatic heterocycles. The van der Waals surface area contributed by atoms with Crippen LogP contribution in [0.25, 0.3) is 0 Å². The lowest BCUT2D eigenvalue weighted by atomic mass is 10.3. The summed E-state index contributed by atoms with van der Waals surface area (Å²) in [5, 5.41) is 13.8. The molecule has 0 unspecified atom stereocenters. The van der Waals surface area contributed by atoms with Crippen molar-refractivity contribution < 1.29 is 14.6 Å². The molecule has 0 bridgehead atoms. The molecular weight excluding hydrogens is 332 g/mol. The number of methoxy groups -OCH3 is 1. The van der Waals surface area contributed by atoms with Crippen LogP contribution in [-0.4, -0.2) is 23.2 Å². The largest absolute Gasteiger partial charge is 0.497 e. The summed E-state index contributed by atoms with van der Waals surface area (Å²) in [6, 6.07) is 5.62. The van der Waals surface area contributed by atoms with Gasteiger partial charge >= 0.3 is 5.97 Å². The van der Waals surface area contributed by atoms with Crippen molar-refractivity contribution in [2.75, 3.05) is 12.4 Å². The van der Waals surface area contributed by atoms with Crippen LogP contribution in [-0.2, 0) is 6.54 Å². The number of carbonyl (C=O) groups is 1. The molecule has 0 spiro atoms. The third-order valence-electron chi connectivity index (χ3n) is 2.32. The highest BCUT2D eigenvalue weighted by atomic mass is 79.9. The van der Waals surface area contributed by atoms with E-state index < -0.39 is 5.97 Å². The van der Waals surface area contributed by atoms with E-state index in [9.17, 15) is 4.79 Å². The number of anilines is 1. The monoisotopic (exact) mass is 342 g/mol. The fourth-order valence-corrected chi connectivity index (χ4v) is 2.59. The number of hydrogen-bond acceptors (Lipinski definition) is 5. The van der Waals surface area contributed by atoms with Gasteiger partial charge in [0.15, 0.2) is 0 Å². The Bertz CT molecular complexity index is 600. The Morgan fingerprint density at radius 3 is 2.95 bits per heavy atom. The first-order chi connectivity index (χ1) is 9.08. The standard InChI is InChI=1S/C12H11BrN2O3S/c1-18-10-3-7(13)2-8(4-10)14-5-9-6-19-11(15-9)12(16)17/h2-4,6,14H,5H2,1H3,(H,16,17). The van der Waals surface area contributed by atoms with E-state index in [0.29, 0.717) is 12.2 Å². The summed E-state index contributed by atoms with van der Waals surface area (Å²) >= 11 is 4.51. The van der Waals surface area contributed by atoms with Crippen molar-refractivity contribution in [1.29, 1.82) is 0 Å². The maximum atomic E-state index is 10.7. The van der Waals surface area contributed by atoms with Gasteiger partial charge in [-0.25, -0.2) is 9.78 Å². The highest BCUT2D eigenvalue weighted by Gasteiger charge is 2.08. The number of nitrogens with one attached hydrogen (secondary N) is 1. The summed E-state index contributed by atoms with van der Waals surface area (Å²) in [5.74, 6) is -0.262. The molecule has 1 aromatic carbocycles. The number of benzene rings is 1. The molecule has 0 radical (unpaired) electrons. The van der Waals surface area contributed by atoms with Crippen LogP contribution in [0.2, 0.25) is 0 Å². The van der Waals surface area contributed by atoms with Gasteiger partial charge in [0.25, 0.3) is 0 Å². The Balaban J connectivity index is 2.05.